The van der Waals surface area contributed by atoms with Crippen LogP contribution in [0.5, 0.6) is 5.75 Å². The molecule has 27 heavy (non-hydrogen) atoms. The molecular weight excluding hydrogens is 338 g/mol. The second-order valence-electron chi connectivity index (χ2n) is 7.22. The molecule has 2 rings (SSSR count). The zero-order chi connectivity index (χ0) is 19.6. The molecule has 0 spiro atoms. The van der Waals surface area contributed by atoms with E-state index >= 15 is 0 Å². The molecule has 0 aliphatic carbocycles. The second-order valence-corrected chi connectivity index (χ2v) is 7.22. The van der Waals surface area contributed by atoms with Gasteiger partial charge in [-0.15, -0.1) is 0 Å². The lowest BCUT2D eigenvalue weighted by atomic mass is 10.2. The summed E-state index contributed by atoms with van der Waals surface area (Å²) < 4.78 is 5.24. The van der Waals surface area contributed by atoms with Gasteiger partial charge in [0.05, 0.1) is 13.7 Å². The summed E-state index contributed by atoms with van der Waals surface area (Å²) in [4.78, 5) is 12.2. The number of piperazine rings is 1. The van der Waals surface area contributed by atoms with Crippen molar-refractivity contribution in [3.63, 3.8) is 0 Å². The predicted molar refractivity (Wildman–Crippen MR) is 114 cm³/mol. The highest BCUT2D eigenvalue weighted by molar-refractivity contribution is 5.79. The Balaban J connectivity index is 1.91. The number of guanidine groups is 1. The van der Waals surface area contributed by atoms with Gasteiger partial charge in [-0.3, -0.25) is 9.89 Å². The summed E-state index contributed by atoms with van der Waals surface area (Å²) in [7, 11) is 3.79. The summed E-state index contributed by atoms with van der Waals surface area (Å²) in [6.45, 7) is 14.9. The Morgan fingerprint density at radius 2 is 1.85 bits per heavy atom. The van der Waals surface area contributed by atoms with E-state index in [2.05, 4.69) is 60.0 Å². The van der Waals surface area contributed by atoms with Gasteiger partial charge in [0.1, 0.15) is 5.75 Å². The quantitative estimate of drug-likeness (QED) is 0.557. The molecule has 1 aliphatic heterocycles. The molecule has 1 aliphatic rings. The normalized spacial score (nSPS) is 17.6. The van der Waals surface area contributed by atoms with Gasteiger partial charge in [0, 0.05) is 52.4 Å². The first-order valence-corrected chi connectivity index (χ1v) is 10.2. The van der Waals surface area contributed by atoms with Crippen molar-refractivity contribution < 1.29 is 4.74 Å². The number of hydrogen-bond donors (Lipinski definition) is 1. The van der Waals surface area contributed by atoms with Gasteiger partial charge < -0.3 is 19.9 Å². The topological polar surface area (TPSA) is 43.3 Å². The molecule has 0 radical (unpaired) electrons. The van der Waals surface area contributed by atoms with Crippen LogP contribution in [0.3, 0.4) is 0 Å². The minimum absolute atomic E-state index is 0.465. The Labute approximate surface area is 165 Å². The van der Waals surface area contributed by atoms with Crippen LogP contribution in [0.15, 0.2) is 29.3 Å². The summed E-state index contributed by atoms with van der Waals surface area (Å²) in [5.74, 6) is 1.85. The monoisotopic (exact) mass is 375 g/mol. The molecule has 0 bridgehead atoms. The van der Waals surface area contributed by atoms with Gasteiger partial charge in [-0.1, -0.05) is 19.1 Å². The largest absolute Gasteiger partial charge is 0.497 e. The van der Waals surface area contributed by atoms with Crippen molar-refractivity contribution in [1.82, 2.24) is 20.0 Å². The molecule has 1 N–H and O–H groups in total. The molecule has 1 fully saturated rings. The molecule has 1 atom stereocenters. The van der Waals surface area contributed by atoms with Crippen LogP contribution in [0.4, 0.5) is 0 Å². The van der Waals surface area contributed by atoms with E-state index in [1.807, 2.05) is 12.1 Å². The van der Waals surface area contributed by atoms with Crippen molar-refractivity contribution in [3.05, 3.63) is 29.8 Å². The Bertz CT molecular complexity index is 566. The Hall–Kier alpha value is -1.79. The van der Waals surface area contributed by atoms with Crippen molar-refractivity contribution in [2.24, 2.45) is 4.99 Å². The Morgan fingerprint density at radius 1 is 1.19 bits per heavy atom. The van der Waals surface area contributed by atoms with E-state index in [0.717, 1.165) is 51.0 Å². The van der Waals surface area contributed by atoms with Crippen molar-refractivity contribution in [2.75, 3.05) is 60.0 Å². The lowest BCUT2D eigenvalue weighted by Crippen LogP contribution is -2.50. The van der Waals surface area contributed by atoms with Gasteiger partial charge in [-0.25, -0.2) is 0 Å². The molecule has 1 aromatic rings. The molecule has 1 heterocycles. The van der Waals surface area contributed by atoms with Crippen LogP contribution in [0.25, 0.3) is 0 Å². The predicted octanol–water partition coefficient (Wildman–Crippen LogP) is 2.12. The highest BCUT2D eigenvalue weighted by Crippen LogP contribution is 2.13. The number of methoxy groups -OCH3 is 1. The summed E-state index contributed by atoms with van der Waals surface area (Å²) in [5, 5.41) is 3.42. The van der Waals surface area contributed by atoms with E-state index in [4.69, 9.17) is 9.73 Å². The van der Waals surface area contributed by atoms with Crippen molar-refractivity contribution in [2.45, 2.75) is 33.4 Å². The number of rotatable bonds is 8. The van der Waals surface area contributed by atoms with Gasteiger partial charge in [-0.05, 0) is 38.1 Å². The molecule has 0 saturated carbocycles. The highest BCUT2D eigenvalue weighted by atomic mass is 16.5. The molecule has 1 unspecified atom stereocenters. The smallest absolute Gasteiger partial charge is 0.194 e. The summed E-state index contributed by atoms with van der Waals surface area (Å²) >= 11 is 0. The third-order valence-corrected chi connectivity index (χ3v) is 5.26. The van der Waals surface area contributed by atoms with E-state index in [-0.39, 0.29) is 0 Å². The minimum atomic E-state index is 0.465. The first-order valence-electron chi connectivity index (χ1n) is 10.2. The van der Waals surface area contributed by atoms with Gasteiger partial charge in [0.15, 0.2) is 5.96 Å². The average Bonchev–Trinajstić information content (AvgIpc) is 2.71. The third kappa shape index (κ3) is 6.70. The highest BCUT2D eigenvalue weighted by Gasteiger charge is 2.20. The lowest BCUT2D eigenvalue weighted by Gasteiger charge is -2.37. The SMILES string of the molecule is CCNC(=NCC(C)N1CCN(CC)CC1)N(C)Cc1ccc(OC)cc1. The van der Waals surface area contributed by atoms with E-state index in [1.165, 1.54) is 18.7 Å². The second kappa shape index (κ2) is 11.1. The van der Waals surface area contributed by atoms with Crippen LogP contribution in [0, 0.1) is 0 Å². The maximum Gasteiger partial charge on any atom is 0.194 e. The van der Waals surface area contributed by atoms with Gasteiger partial charge >= 0.3 is 0 Å². The van der Waals surface area contributed by atoms with Gasteiger partial charge in [0.2, 0.25) is 0 Å². The molecule has 1 saturated heterocycles. The van der Waals surface area contributed by atoms with Crippen LogP contribution in [-0.2, 0) is 6.54 Å². The van der Waals surface area contributed by atoms with Crippen molar-refractivity contribution >= 4 is 5.96 Å². The number of benzene rings is 1. The molecule has 6 nitrogen and oxygen atoms in total. The first kappa shape index (κ1) is 21.5. The van der Waals surface area contributed by atoms with Gasteiger partial charge in [0.25, 0.3) is 0 Å². The van der Waals surface area contributed by atoms with Crippen LogP contribution in [-0.4, -0.2) is 86.7 Å². The molecule has 0 amide bonds. The van der Waals surface area contributed by atoms with Crippen LogP contribution in [0.1, 0.15) is 26.3 Å². The van der Waals surface area contributed by atoms with E-state index < -0.39 is 0 Å². The lowest BCUT2D eigenvalue weighted by molar-refractivity contribution is 0.109. The van der Waals surface area contributed by atoms with Crippen LogP contribution in [0.2, 0.25) is 0 Å². The van der Waals surface area contributed by atoms with Crippen LogP contribution >= 0.6 is 0 Å². The molecule has 1 aromatic carbocycles. The molecule has 152 valence electrons. The van der Waals surface area contributed by atoms with E-state index in [1.54, 1.807) is 7.11 Å². The zero-order valence-corrected chi connectivity index (χ0v) is 17.7. The fraction of sp³-hybridized carbons (Fsp3) is 0.667. The maximum absolute atomic E-state index is 5.24. The fourth-order valence-corrected chi connectivity index (χ4v) is 3.40. The minimum Gasteiger partial charge on any atom is -0.497 e. The van der Waals surface area contributed by atoms with Crippen LogP contribution < -0.4 is 10.1 Å². The summed E-state index contributed by atoms with van der Waals surface area (Å²) in [6, 6.07) is 8.69. The Morgan fingerprint density at radius 3 is 2.41 bits per heavy atom. The first-order chi connectivity index (χ1) is 13.1. The number of likely N-dealkylation sites (N-methyl/N-ethyl adjacent to an activating group) is 1. The van der Waals surface area contributed by atoms with E-state index in [0.29, 0.717) is 6.04 Å². The van der Waals surface area contributed by atoms with Gasteiger partial charge in [-0.2, -0.15) is 0 Å². The van der Waals surface area contributed by atoms with E-state index in [9.17, 15) is 0 Å². The average molecular weight is 376 g/mol. The van der Waals surface area contributed by atoms with Crippen molar-refractivity contribution in [3.8, 4) is 5.75 Å². The molecule has 6 heteroatoms. The standard InChI is InChI=1S/C21H37N5O/c1-6-22-21(24(4)17-19-8-10-20(27-5)11-9-19)23-16-18(3)26-14-12-25(7-2)13-15-26/h8-11,18H,6-7,12-17H2,1-5H3,(H,22,23). The third-order valence-electron chi connectivity index (χ3n) is 5.26. The molecular formula is C21H37N5O. The maximum atomic E-state index is 5.24. The van der Waals surface area contributed by atoms with Crippen molar-refractivity contribution in [1.29, 1.82) is 0 Å². The number of hydrogen-bond acceptors (Lipinski definition) is 4. The summed E-state index contributed by atoms with van der Waals surface area (Å²) in [5.41, 5.74) is 1.24. The zero-order valence-electron chi connectivity index (χ0n) is 17.7. The fourth-order valence-electron chi connectivity index (χ4n) is 3.40. The number of nitrogens with zero attached hydrogens (tertiary/aromatic N) is 4. The number of aliphatic imine (C=N–C) groups is 1. The Kier molecular flexibility index (Phi) is 8.88. The number of nitrogens with one attached hydrogen (secondary N) is 1. The number of ether oxygens (including phenoxy) is 1. The molecule has 0 aromatic heterocycles. The summed E-state index contributed by atoms with van der Waals surface area (Å²) in [6.07, 6.45) is 0.